The second-order valence-corrected chi connectivity index (χ2v) is 9.61. The molecule has 3 aromatic heterocycles. The first-order chi connectivity index (χ1) is 16.2. The number of nitrogen functional groups attached to an aromatic ring is 2. The SMILES string of the molecule is CS(=O)(=O)Nc1cccc(C(c2ccc(F)cc2)C(c2ccc(N)nc2)c2ccc(N)nc2)n1. The highest BCUT2D eigenvalue weighted by molar-refractivity contribution is 7.92. The Morgan fingerprint density at radius 1 is 0.794 bits per heavy atom. The van der Waals surface area contributed by atoms with Crippen LogP contribution in [0.2, 0.25) is 0 Å². The maximum absolute atomic E-state index is 13.8. The van der Waals surface area contributed by atoms with Crippen molar-refractivity contribution >= 4 is 27.5 Å². The third kappa shape index (κ3) is 5.46. The van der Waals surface area contributed by atoms with Gasteiger partial charge in [-0.15, -0.1) is 0 Å². The quantitative estimate of drug-likeness (QED) is 0.370. The summed E-state index contributed by atoms with van der Waals surface area (Å²) in [5.74, 6) is -0.271. The highest BCUT2D eigenvalue weighted by atomic mass is 32.2. The number of aromatic nitrogens is 3. The summed E-state index contributed by atoms with van der Waals surface area (Å²) in [7, 11) is -3.53. The van der Waals surface area contributed by atoms with Crippen molar-refractivity contribution in [3.63, 3.8) is 0 Å². The summed E-state index contributed by atoms with van der Waals surface area (Å²) < 4.78 is 39.8. The molecule has 0 fully saturated rings. The lowest BCUT2D eigenvalue weighted by molar-refractivity contribution is 0.606. The summed E-state index contributed by atoms with van der Waals surface area (Å²) in [5.41, 5.74) is 14.6. The Bertz CT molecular complexity index is 1330. The van der Waals surface area contributed by atoms with E-state index in [1.807, 2.05) is 12.1 Å². The second kappa shape index (κ2) is 9.44. The molecule has 0 saturated carbocycles. The lowest BCUT2D eigenvalue weighted by atomic mass is 9.76. The van der Waals surface area contributed by atoms with Crippen molar-refractivity contribution in [1.82, 2.24) is 15.0 Å². The first kappa shape index (κ1) is 23.1. The summed E-state index contributed by atoms with van der Waals surface area (Å²) in [6, 6.07) is 18.3. The van der Waals surface area contributed by atoms with Crippen molar-refractivity contribution < 1.29 is 12.8 Å². The van der Waals surface area contributed by atoms with Crippen LogP contribution in [0, 0.1) is 5.82 Å². The van der Waals surface area contributed by atoms with Crippen LogP contribution in [0.3, 0.4) is 0 Å². The predicted molar refractivity (Wildman–Crippen MR) is 130 cm³/mol. The maximum atomic E-state index is 13.8. The van der Waals surface area contributed by atoms with Gasteiger partial charge in [0.1, 0.15) is 23.3 Å². The molecule has 0 radical (unpaired) electrons. The molecule has 0 bridgehead atoms. The van der Waals surface area contributed by atoms with Crippen molar-refractivity contribution in [2.45, 2.75) is 11.8 Å². The monoisotopic (exact) mass is 478 g/mol. The average Bonchev–Trinajstić information content (AvgIpc) is 2.79. The molecule has 4 rings (SSSR count). The number of benzene rings is 1. The van der Waals surface area contributed by atoms with Crippen LogP contribution in [-0.4, -0.2) is 29.6 Å². The maximum Gasteiger partial charge on any atom is 0.230 e. The topological polar surface area (TPSA) is 137 Å². The van der Waals surface area contributed by atoms with Crippen LogP contribution in [-0.2, 0) is 10.0 Å². The molecule has 0 amide bonds. The third-order valence-corrected chi connectivity index (χ3v) is 5.86. The number of nitrogens with zero attached hydrogens (tertiary/aromatic N) is 3. The standard InChI is InChI=1S/C24H23FN6O2S/c1-34(32,33)31-22-4-2-3-19(30-22)24(15-5-9-18(25)10-6-15)23(16-7-11-20(26)28-13-16)17-8-12-21(27)29-14-17/h2-14,23-24H,1H3,(H2,26,28)(H2,27,29)(H,30,31). The van der Waals surface area contributed by atoms with Gasteiger partial charge >= 0.3 is 0 Å². The Labute approximate surface area is 197 Å². The van der Waals surface area contributed by atoms with Crippen molar-refractivity contribution in [3.8, 4) is 0 Å². The minimum Gasteiger partial charge on any atom is -0.384 e. The largest absolute Gasteiger partial charge is 0.384 e. The number of rotatable bonds is 7. The molecular weight excluding hydrogens is 455 g/mol. The third-order valence-electron chi connectivity index (χ3n) is 5.28. The Morgan fingerprint density at radius 3 is 1.85 bits per heavy atom. The van der Waals surface area contributed by atoms with E-state index in [4.69, 9.17) is 11.5 Å². The van der Waals surface area contributed by atoms with Crippen molar-refractivity contribution in [1.29, 1.82) is 0 Å². The molecular formula is C24H23FN6O2S. The van der Waals surface area contributed by atoms with Crippen LogP contribution in [0.1, 0.15) is 34.2 Å². The van der Waals surface area contributed by atoms with Gasteiger partial charge in [-0.05, 0) is 53.1 Å². The number of pyridine rings is 3. The normalized spacial score (nSPS) is 12.4. The molecule has 0 aliphatic rings. The lowest BCUT2D eigenvalue weighted by Gasteiger charge is -2.28. The van der Waals surface area contributed by atoms with Gasteiger partial charge in [0.25, 0.3) is 0 Å². The molecule has 10 heteroatoms. The summed E-state index contributed by atoms with van der Waals surface area (Å²) in [5, 5.41) is 0. The van der Waals surface area contributed by atoms with Crippen LogP contribution < -0.4 is 16.2 Å². The van der Waals surface area contributed by atoms with E-state index in [9.17, 15) is 12.8 Å². The molecule has 4 aromatic rings. The molecule has 1 atom stereocenters. The average molecular weight is 479 g/mol. The molecule has 34 heavy (non-hydrogen) atoms. The van der Waals surface area contributed by atoms with E-state index in [1.165, 1.54) is 12.1 Å². The van der Waals surface area contributed by atoms with E-state index >= 15 is 0 Å². The van der Waals surface area contributed by atoms with Gasteiger partial charge in [0.15, 0.2) is 0 Å². The van der Waals surface area contributed by atoms with Crippen molar-refractivity contribution in [2.24, 2.45) is 0 Å². The van der Waals surface area contributed by atoms with E-state index in [-0.39, 0.29) is 17.6 Å². The number of halogens is 1. The van der Waals surface area contributed by atoms with Gasteiger partial charge in [-0.1, -0.05) is 30.3 Å². The van der Waals surface area contributed by atoms with Gasteiger partial charge in [0.05, 0.1) is 11.9 Å². The van der Waals surface area contributed by atoms with Crippen LogP contribution >= 0.6 is 0 Å². The smallest absolute Gasteiger partial charge is 0.230 e. The number of hydrogen-bond acceptors (Lipinski definition) is 7. The lowest BCUT2D eigenvalue weighted by Crippen LogP contribution is -2.18. The molecule has 0 aliphatic heterocycles. The molecule has 1 aromatic carbocycles. The minimum absolute atomic E-state index is 0.178. The van der Waals surface area contributed by atoms with Crippen LogP contribution in [0.15, 0.2) is 79.1 Å². The van der Waals surface area contributed by atoms with Gasteiger partial charge in [-0.2, -0.15) is 0 Å². The van der Waals surface area contributed by atoms with Gasteiger partial charge in [-0.3, -0.25) is 4.72 Å². The van der Waals surface area contributed by atoms with E-state index < -0.39 is 15.9 Å². The van der Waals surface area contributed by atoms with Gasteiger partial charge in [0, 0.05) is 24.2 Å². The summed E-state index contributed by atoms with van der Waals surface area (Å²) in [6.45, 7) is 0. The van der Waals surface area contributed by atoms with Gasteiger partial charge in [0.2, 0.25) is 10.0 Å². The van der Waals surface area contributed by atoms with E-state index in [0.29, 0.717) is 17.3 Å². The van der Waals surface area contributed by atoms with E-state index in [0.717, 1.165) is 22.9 Å². The Kier molecular flexibility index (Phi) is 6.42. The molecule has 0 aliphatic carbocycles. The summed E-state index contributed by atoms with van der Waals surface area (Å²) in [4.78, 5) is 13.1. The predicted octanol–water partition coefficient (Wildman–Crippen LogP) is 3.51. The van der Waals surface area contributed by atoms with Crippen LogP contribution in [0.4, 0.5) is 21.8 Å². The highest BCUT2D eigenvalue weighted by Crippen LogP contribution is 2.42. The number of anilines is 3. The molecule has 3 heterocycles. The van der Waals surface area contributed by atoms with Crippen molar-refractivity contribution in [3.05, 3.63) is 107 Å². The fourth-order valence-electron chi connectivity index (χ4n) is 3.85. The molecule has 8 nitrogen and oxygen atoms in total. The number of hydrogen-bond donors (Lipinski definition) is 3. The first-order valence-corrected chi connectivity index (χ1v) is 12.2. The zero-order valence-corrected chi connectivity index (χ0v) is 19.1. The van der Waals surface area contributed by atoms with Crippen LogP contribution in [0.5, 0.6) is 0 Å². The molecule has 0 spiro atoms. The Balaban J connectivity index is 1.94. The van der Waals surface area contributed by atoms with Crippen molar-refractivity contribution in [2.75, 3.05) is 22.4 Å². The first-order valence-electron chi connectivity index (χ1n) is 10.3. The number of nitrogens with two attached hydrogens (primary N) is 2. The molecule has 174 valence electrons. The zero-order chi connectivity index (χ0) is 24.3. The minimum atomic E-state index is -3.53. The summed E-state index contributed by atoms with van der Waals surface area (Å²) >= 11 is 0. The Morgan fingerprint density at radius 2 is 1.35 bits per heavy atom. The fraction of sp³-hybridized carbons (Fsp3) is 0.125. The highest BCUT2D eigenvalue weighted by Gasteiger charge is 2.30. The number of sulfonamides is 1. The zero-order valence-electron chi connectivity index (χ0n) is 18.3. The van der Waals surface area contributed by atoms with Gasteiger partial charge in [-0.25, -0.2) is 27.8 Å². The van der Waals surface area contributed by atoms with E-state index in [2.05, 4.69) is 19.7 Å². The van der Waals surface area contributed by atoms with Crippen LogP contribution in [0.25, 0.3) is 0 Å². The van der Waals surface area contributed by atoms with E-state index in [1.54, 1.807) is 54.9 Å². The fourth-order valence-corrected chi connectivity index (χ4v) is 4.35. The number of nitrogens with one attached hydrogen (secondary N) is 1. The molecule has 1 unspecified atom stereocenters. The second-order valence-electron chi connectivity index (χ2n) is 7.86. The molecule has 5 N–H and O–H groups in total. The Hall–Kier alpha value is -4.05. The van der Waals surface area contributed by atoms with Gasteiger partial charge < -0.3 is 11.5 Å². The molecule has 0 saturated heterocycles. The summed E-state index contributed by atoms with van der Waals surface area (Å²) in [6.07, 6.45) is 4.40.